The minimum Gasteiger partial charge on any atom is -0.382 e. The van der Waals surface area contributed by atoms with Crippen molar-refractivity contribution >= 4 is 21.6 Å². The quantitative estimate of drug-likeness (QED) is 0.308. The minimum atomic E-state index is -2.99. The van der Waals surface area contributed by atoms with E-state index < -0.39 is 9.84 Å². The van der Waals surface area contributed by atoms with Gasteiger partial charge in [0.2, 0.25) is 0 Å². The van der Waals surface area contributed by atoms with E-state index in [0.29, 0.717) is 42.4 Å². The first-order chi connectivity index (χ1) is 14.2. The molecule has 0 bridgehead atoms. The third kappa shape index (κ3) is 6.77. The van der Waals surface area contributed by atoms with E-state index in [1.807, 2.05) is 37.3 Å². The highest BCUT2D eigenvalue weighted by Crippen LogP contribution is 2.21. The molecule has 1 aromatic heterocycles. The first-order valence-corrected chi connectivity index (χ1v) is 11.8. The second kappa shape index (κ2) is 10.6. The van der Waals surface area contributed by atoms with E-state index in [9.17, 15) is 13.7 Å². The monoisotopic (exact) mass is 431 g/mol. The summed E-state index contributed by atoms with van der Waals surface area (Å²) in [6.45, 7) is 2.53. The Morgan fingerprint density at radius 1 is 1.37 bits per heavy atom. The Kier molecular flexibility index (Phi) is 8.24. The van der Waals surface area contributed by atoms with Gasteiger partial charge in [0.25, 0.3) is 0 Å². The molecule has 0 saturated heterocycles. The highest BCUT2D eigenvalue weighted by atomic mass is 32.2. The Balaban J connectivity index is 1.90. The van der Waals surface area contributed by atoms with E-state index in [1.165, 1.54) is 6.26 Å². The van der Waals surface area contributed by atoms with E-state index in [4.69, 9.17) is 5.73 Å². The average molecular weight is 432 g/mol. The van der Waals surface area contributed by atoms with Gasteiger partial charge in [0.1, 0.15) is 27.3 Å². The molecule has 0 spiro atoms. The zero-order valence-electron chi connectivity index (χ0n) is 17.6. The van der Waals surface area contributed by atoms with Crippen molar-refractivity contribution in [2.45, 2.75) is 32.2 Å². The standard InChI is InChI=1S/C20H29N7O2S/c1-15(11-13-30(3,28)29)25-20(23-2)24-12-7-10-18-17(14-21)19(22)27(26-18)16-8-5-4-6-9-16/h4-6,8-9,15H,7,10-13,22H2,1-3H3,(H2,23,24,25). The fraction of sp³-hybridized carbons (Fsp3) is 0.450. The van der Waals surface area contributed by atoms with Crippen LogP contribution in [0.25, 0.3) is 5.69 Å². The zero-order chi connectivity index (χ0) is 22.1. The predicted molar refractivity (Wildman–Crippen MR) is 119 cm³/mol. The van der Waals surface area contributed by atoms with Gasteiger partial charge in [-0.05, 0) is 38.3 Å². The zero-order valence-corrected chi connectivity index (χ0v) is 18.4. The van der Waals surface area contributed by atoms with Gasteiger partial charge in [0, 0.05) is 25.9 Å². The number of benzene rings is 1. The Bertz CT molecular complexity index is 1010. The summed E-state index contributed by atoms with van der Waals surface area (Å²) in [5.74, 6) is 1.07. The minimum absolute atomic E-state index is 0.0301. The first kappa shape index (κ1) is 23.2. The number of guanidine groups is 1. The highest BCUT2D eigenvalue weighted by Gasteiger charge is 2.16. The van der Waals surface area contributed by atoms with Gasteiger partial charge in [0.05, 0.1) is 17.1 Å². The summed E-state index contributed by atoms with van der Waals surface area (Å²) in [4.78, 5) is 4.16. The van der Waals surface area contributed by atoms with Crippen LogP contribution in [0.3, 0.4) is 0 Å². The summed E-state index contributed by atoms with van der Waals surface area (Å²) in [6, 6.07) is 11.6. The average Bonchev–Trinajstić information content (AvgIpc) is 3.04. The lowest BCUT2D eigenvalue weighted by atomic mass is 10.1. The van der Waals surface area contributed by atoms with Crippen LogP contribution in [0.1, 0.15) is 31.0 Å². The van der Waals surface area contributed by atoms with E-state index >= 15 is 0 Å². The fourth-order valence-electron chi connectivity index (χ4n) is 2.89. The van der Waals surface area contributed by atoms with Crippen LogP contribution in [0.2, 0.25) is 0 Å². The summed E-state index contributed by atoms with van der Waals surface area (Å²) in [6.07, 6.45) is 3.04. The number of nitrogen functional groups attached to an aromatic ring is 1. The van der Waals surface area contributed by atoms with Crippen molar-refractivity contribution in [3.8, 4) is 11.8 Å². The number of aromatic nitrogens is 2. The van der Waals surface area contributed by atoms with Crippen LogP contribution >= 0.6 is 0 Å². The lowest BCUT2D eigenvalue weighted by Gasteiger charge is -2.17. The second-order valence-corrected chi connectivity index (χ2v) is 9.39. The van der Waals surface area contributed by atoms with Crippen molar-refractivity contribution in [3.63, 3.8) is 0 Å². The molecule has 0 fully saturated rings. The number of hydrogen-bond acceptors (Lipinski definition) is 6. The van der Waals surface area contributed by atoms with Crippen molar-refractivity contribution in [3.05, 3.63) is 41.6 Å². The van der Waals surface area contributed by atoms with E-state index in [2.05, 4.69) is 26.8 Å². The molecule has 1 heterocycles. The molecular formula is C20H29N7O2S. The number of nitrogens with zero attached hydrogens (tertiary/aromatic N) is 4. The molecular weight excluding hydrogens is 402 g/mol. The van der Waals surface area contributed by atoms with Gasteiger partial charge in [-0.25, -0.2) is 13.1 Å². The smallest absolute Gasteiger partial charge is 0.191 e. The van der Waals surface area contributed by atoms with Crippen LogP contribution in [0.4, 0.5) is 5.82 Å². The molecule has 0 amide bonds. The maximum atomic E-state index is 11.3. The topological polar surface area (TPSA) is 138 Å². The van der Waals surface area contributed by atoms with Crippen LogP contribution < -0.4 is 16.4 Å². The molecule has 0 aliphatic heterocycles. The van der Waals surface area contributed by atoms with Crippen LogP contribution in [0.15, 0.2) is 35.3 Å². The molecule has 2 rings (SSSR count). The molecule has 2 aromatic rings. The van der Waals surface area contributed by atoms with Crippen molar-refractivity contribution in [1.29, 1.82) is 5.26 Å². The molecule has 0 radical (unpaired) electrons. The Hall–Kier alpha value is -3.06. The molecule has 4 N–H and O–H groups in total. The number of anilines is 1. The molecule has 1 unspecified atom stereocenters. The molecule has 0 aliphatic carbocycles. The largest absolute Gasteiger partial charge is 0.382 e. The van der Waals surface area contributed by atoms with Crippen LogP contribution in [0, 0.1) is 11.3 Å². The molecule has 10 heteroatoms. The highest BCUT2D eigenvalue weighted by molar-refractivity contribution is 7.90. The summed E-state index contributed by atoms with van der Waals surface area (Å²) in [5, 5.41) is 20.4. The molecule has 0 aliphatic rings. The third-order valence-electron chi connectivity index (χ3n) is 4.52. The van der Waals surface area contributed by atoms with Crippen molar-refractivity contribution in [1.82, 2.24) is 20.4 Å². The maximum absolute atomic E-state index is 11.3. The van der Waals surface area contributed by atoms with Gasteiger partial charge < -0.3 is 16.4 Å². The number of sulfone groups is 1. The van der Waals surface area contributed by atoms with E-state index in [1.54, 1.807) is 11.7 Å². The Morgan fingerprint density at radius 3 is 2.67 bits per heavy atom. The van der Waals surface area contributed by atoms with Crippen LogP contribution in [-0.4, -0.2) is 55.8 Å². The molecule has 9 nitrogen and oxygen atoms in total. The fourth-order valence-corrected chi connectivity index (χ4v) is 3.68. The molecule has 1 aromatic carbocycles. The number of hydrogen-bond donors (Lipinski definition) is 3. The lowest BCUT2D eigenvalue weighted by Crippen LogP contribution is -2.43. The molecule has 0 saturated carbocycles. The lowest BCUT2D eigenvalue weighted by molar-refractivity contribution is 0.580. The van der Waals surface area contributed by atoms with E-state index in [-0.39, 0.29) is 11.8 Å². The van der Waals surface area contributed by atoms with Gasteiger partial charge in [-0.3, -0.25) is 4.99 Å². The number of nitrogens with two attached hydrogens (primary N) is 1. The third-order valence-corrected chi connectivity index (χ3v) is 5.49. The van der Waals surface area contributed by atoms with Crippen LogP contribution in [-0.2, 0) is 16.3 Å². The first-order valence-electron chi connectivity index (χ1n) is 9.73. The van der Waals surface area contributed by atoms with Gasteiger partial charge in [-0.2, -0.15) is 10.4 Å². The number of aliphatic imine (C=N–C) groups is 1. The number of para-hydroxylation sites is 1. The second-order valence-electron chi connectivity index (χ2n) is 7.13. The van der Waals surface area contributed by atoms with Gasteiger partial charge >= 0.3 is 0 Å². The summed E-state index contributed by atoms with van der Waals surface area (Å²) in [5.41, 5.74) is 7.99. The van der Waals surface area contributed by atoms with Gasteiger partial charge in [-0.1, -0.05) is 18.2 Å². The van der Waals surface area contributed by atoms with E-state index in [0.717, 1.165) is 12.1 Å². The summed E-state index contributed by atoms with van der Waals surface area (Å²) >= 11 is 0. The number of nitriles is 1. The molecule has 30 heavy (non-hydrogen) atoms. The molecule has 1 atom stereocenters. The van der Waals surface area contributed by atoms with Gasteiger partial charge in [-0.15, -0.1) is 0 Å². The molecule has 162 valence electrons. The van der Waals surface area contributed by atoms with Crippen molar-refractivity contribution < 1.29 is 8.42 Å². The maximum Gasteiger partial charge on any atom is 0.191 e. The van der Waals surface area contributed by atoms with Crippen LogP contribution in [0.5, 0.6) is 0 Å². The summed E-state index contributed by atoms with van der Waals surface area (Å²) < 4.78 is 24.2. The van der Waals surface area contributed by atoms with Gasteiger partial charge in [0.15, 0.2) is 5.96 Å². The Labute approximate surface area is 177 Å². The SMILES string of the molecule is CN=C(NCCCc1nn(-c2ccccc2)c(N)c1C#N)NC(C)CCS(C)(=O)=O. The number of nitrogens with one attached hydrogen (secondary N) is 2. The predicted octanol–water partition coefficient (Wildman–Crippen LogP) is 1.25. The van der Waals surface area contributed by atoms with Crippen molar-refractivity contribution in [2.24, 2.45) is 4.99 Å². The van der Waals surface area contributed by atoms with Crippen molar-refractivity contribution in [2.75, 3.05) is 31.3 Å². The Morgan fingerprint density at radius 2 is 2.07 bits per heavy atom. The summed E-state index contributed by atoms with van der Waals surface area (Å²) in [7, 11) is -1.33. The number of rotatable bonds is 9. The number of aryl methyl sites for hydroxylation is 1. The normalized spacial score (nSPS) is 12.9.